The summed E-state index contributed by atoms with van der Waals surface area (Å²) in [5.74, 6) is -0.0376. The Hall–Kier alpha value is -1.29. The van der Waals surface area contributed by atoms with Gasteiger partial charge in [0.1, 0.15) is 0 Å². The first kappa shape index (κ1) is 8.31. The molecule has 0 saturated carbocycles. The quantitative estimate of drug-likeness (QED) is 0.675. The van der Waals surface area contributed by atoms with E-state index >= 15 is 0 Å². The molecule has 1 aliphatic heterocycles. The van der Waals surface area contributed by atoms with Gasteiger partial charge >= 0.3 is 0 Å². The molecule has 0 aromatic carbocycles. The summed E-state index contributed by atoms with van der Waals surface area (Å²) in [6, 6.07) is 5.63. The lowest BCUT2D eigenvalue weighted by molar-refractivity contribution is -0.118. The van der Waals surface area contributed by atoms with E-state index in [1.807, 2.05) is 18.2 Å². The van der Waals surface area contributed by atoms with Crippen molar-refractivity contribution in [3.63, 3.8) is 0 Å². The number of thiocarbonyl (C=S) groups is 1. The van der Waals surface area contributed by atoms with E-state index in [1.165, 1.54) is 0 Å². The number of hydrogen-bond donors (Lipinski definition) is 1. The van der Waals surface area contributed by atoms with Gasteiger partial charge in [0.2, 0.25) is 5.91 Å². The third-order valence-corrected chi connectivity index (χ3v) is 2.40. The van der Waals surface area contributed by atoms with Crippen LogP contribution in [0.1, 0.15) is 18.0 Å². The van der Waals surface area contributed by atoms with Gasteiger partial charge in [-0.25, -0.2) is 0 Å². The molecule has 1 atom stereocenters. The largest absolute Gasteiger partial charge is 0.320 e. The van der Waals surface area contributed by atoms with Crippen LogP contribution in [0, 0.1) is 0 Å². The second-order valence-electron chi connectivity index (χ2n) is 2.92. The van der Waals surface area contributed by atoms with Gasteiger partial charge in [-0.1, -0.05) is 18.3 Å². The van der Waals surface area contributed by atoms with Crippen LogP contribution in [-0.2, 0) is 4.79 Å². The zero-order chi connectivity index (χ0) is 9.26. The number of carbonyl (C=O) groups excluding carboxylic acids is 1. The summed E-state index contributed by atoms with van der Waals surface area (Å²) in [5.41, 5.74) is 0.867. The molecule has 0 bridgehead atoms. The van der Waals surface area contributed by atoms with Crippen molar-refractivity contribution in [1.29, 1.82) is 0 Å². The number of amides is 1. The van der Waals surface area contributed by atoms with Gasteiger partial charge in [-0.15, -0.1) is 0 Å². The van der Waals surface area contributed by atoms with E-state index in [2.05, 4.69) is 10.3 Å². The minimum atomic E-state index is -0.0244. The minimum absolute atomic E-state index is 0.0133. The van der Waals surface area contributed by atoms with Crippen molar-refractivity contribution in [3.05, 3.63) is 30.1 Å². The Morgan fingerprint density at radius 3 is 2.92 bits per heavy atom. The number of aromatic nitrogens is 1. The van der Waals surface area contributed by atoms with Crippen molar-refractivity contribution < 1.29 is 4.79 Å². The predicted molar refractivity (Wildman–Crippen MR) is 52.3 cm³/mol. The standard InChI is InChI=1S/C9H8N2OS/c12-8-5-6(9(13)11-8)7-3-1-2-4-10-7/h1-4,6H,5H2,(H,11,12,13). The van der Waals surface area contributed by atoms with Crippen molar-refractivity contribution in [1.82, 2.24) is 10.3 Å². The van der Waals surface area contributed by atoms with E-state index in [-0.39, 0.29) is 11.8 Å². The Morgan fingerprint density at radius 2 is 2.38 bits per heavy atom. The van der Waals surface area contributed by atoms with Crippen LogP contribution in [-0.4, -0.2) is 15.9 Å². The Bertz CT molecular complexity index is 350. The minimum Gasteiger partial charge on any atom is -0.320 e. The highest BCUT2D eigenvalue weighted by Gasteiger charge is 2.29. The summed E-state index contributed by atoms with van der Waals surface area (Å²) < 4.78 is 0. The molecule has 3 nitrogen and oxygen atoms in total. The van der Waals surface area contributed by atoms with Crippen LogP contribution in [0.2, 0.25) is 0 Å². The highest BCUT2D eigenvalue weighted by molar-refractivity contribution is 7.80. The van der Waals surface area contributed by atoms with Gasteiger partial charge < -0.3 is 5.32 Å². The Morgan fingerprint density at radius 1 is 1.54 bits per heavy atom. The van der Waals surface area contributed by atoms with Gasteiger partial charge in [-0.2, -0.15) is 0 Å². The van der Waals surface area contributed by atoms with Crippen molar-refractivity contribution >= 4 is 23.1 Å². The first-order valence-electron chi connectivity index (χ1n) is 4.02. The zero-order valence-corrected chi connectivity index (χ0v) is 7.67. The average molecular weight is 192 g/mol. The SMILES string of the molecule is O=C1CC(c2ccccn2)C(=S)N1. The monoisotopic (exact) mass is 192 g/mol. The maximum absolute atomic E-state index is 11.0. The summed E-state index contributed by atoms with van der Waals surface area (Å²) in [5, 5.41) is 2.62. The van der Waals surface area contributed by atoms with Crippen molar-refractivity contribution in [2.75, 3.05) is 0 Å². The van der Waals surface area contributed by atoms with Crippen LogP contribution >= 0.6 is 12.2 Å². The molecule has 1 saturated heterocycles. The normalized spacial score (nSPS) is 21.7. The second kappa shape index (κ2) is 3.22. The molecule has 1 amide bonds. The number of nitrogens with zero attached hydrogens (tertiary/aromatic N) is 1. The molecular formula is C9H8N2OS. The van der Waals surface area contributed by atoms with E-state index in [0.29, 0.717) is 11.4 Å². The summed E-state index contributed by atoms with van der Waals surface area (Å²) >= 11 is 5.03. The second-order valence-corrected chi connectivity index (χ2v) is 3.36. The lowest BCUT2D eigenvalue weighted by Crippen LogP contribution is -2.19. The van der Waals surface area contributed by atoms with Crippen LogP contribution in [0.25, 0.3) is 0 Å². The lowest BCUT2D eigenvalue weighted by atomic mass is 10.0. The van der Waals surface area contributed by atoms with E-state index in [9.17, 15) is 4.79 Å². The molecule has 0 radical (unpaired) electrons. The number of pyridine rings is 1. The zero-order valence-electron chi connectivity index (χ0n) is 6.86. The maximum Gasteiger partial charge on any atom is 0.225 e. The van der Waals surface area contributed by atoms with E-state index < -0.39 is 0 Å². The van der Waals surface area contributed by atoms with E-state index in [0.717, 1.165) is 5.69 Å². The maximum atomic E-state index is 11.0. The summed E-state index contributed by atoms with van der Waals surface area (Å²) in [7, 11) is 0. The van der Waals surface area contributed by atoms with Crippen LogP contribution in [0.15, 0.2) is 24.4 Å². The molecular weight excluding hydrogens is 184 g/mol. The Balaban J connectivity index is 2.28. The molecule has 1 aromatic heterocycles. The molecule has 4 heteroatoms. The summed E-state index contributed by atoms with van der Waals surface area (Å²) in [6.45, 7) is 0. The smallest absolute Gasteiger partial charge is 0.225 e. The molecule has 1 unspecified atom stereocenters. The molecule has 1 aromatic rings. The molecule has 2 rings (SSSR count). The third kappa shape index (κ3) is 1.58. The molecule has 66 valence electrons. The van der Waals surface area contributed by atoms with Crippen LogP contribution < -0.4 is 5.32 Å². The summed E-state index contributed by atoms with van der Waals surface area (Å²) in [4.78, 5) is 15.8. The Kier molecular flexibility index (Phi) is 2.06. The molecule has 0 aliphatic carbocycles. The van der Waals surface area contributed by atoms with Crippen molar-refractivity contribution in [3.8, 4) is 0 Å². The van der Waals surface area contributed by atoms with Crippen LogP contribution in [0.5, 0.6) is 0 Å². The third-order valence-electron chi connectivity index (χ3n) is 2.01. The van der Waals surface area contributed by atoms with E-state index in [1.54, 1.807) is 6.20 Å². The number of carbonyl (C=O) groups is 1. The highest BCUT2D eigenvalue weighted by Crippen LogP contribution is 2.22. The molecule has 2 heterocycles. The predicted octanol–water partition coefficient (Wildman–Crippen LogP) is 1.01. The molecule has 1 fully saturated rings. The van der Waals surface area contributed by atoms with Gasteiger partial charge in [0.25, 0.3) is 0 Å². The Labute approximate surface area is 81.2 Å². The molecule has 0 spiro atoms. The fourth-order valence-corrected chi connectivity index (χ4v) is 1.69. The van der Waals surface area contributed by atoms with Gasteiger partial charge in [-0.05, 0) is 12.1 Å². The number of rotatable bonds is 1. The van der Waals surface area contributed by atoms with Crippen LogP contribution in [0.4, 0.5) is 0 Å². The van der Waals surface area contributed by atoms with Crippen molar-refractivity contribution in [2.24, 2.45) is 0 Å². The topological polar surface area (TPSA) is 42.0 Å². The molecule has 1 N–H and O–H groups in total. The van der Waals surface area contributed by atoms with Crippen LogP contribution in [0.3, 0.4) is 0 Å². The average Bonchev–Trinajstić information content (AvgIpc) is 2.47. The highest BCUT2D eigenvalue weighted by atomic mass is 32.1. The first-order chi connectivity index (χ1) is 6.27. The summed E-state index contributed by atoms with van der Waals surface area (Å²) in [6.07, 6.45) is 2.14. The molecule has 13 heavy (non-hydrogen) atoms. The number of nitrogens with one attached hydrogen (secondary N) is 1. The van der Waals surface area contributed by atoms with Gasteiger partial charge in [0.05, 0.1) is 16.6 Å². The van der Waals surface area contributed by atoms with Crippen molar-refractivity contribution in [2.45, 2.75) is 12.3 Å². The molecule has 1 aliphatic rings. The first-order valence-corrected chi connectivity index (χ1v) is 4.43. The van der Waals surface area contributed by atoms with Gasteiger partial charge in [-0.3, -0.25) is 9.78 Å². The fraction of sp³-hybridized carbons (Fsp3) is 0.222. The van der Waals surface area contributed by atoms with Gasteiger partial charge in [0.15, 0.2) is 0 Å². The number of hydrogen-bond acceptors (Lipinski definition) is 3. The fourth-order valence-electron chi connectivity index (χ4n) is 1.37. The lowest BCUT2D eigenvalue weighted by Gasteiger charge is -2.05. The van der Waals surface area contributed by atoms with E-state index in [4.69, 9.17) is 12.2 Å². The van der Waals surface area contributed by atoms with Gasteiger partial charge in [0, 0.05) is 12.6 Å².